The zero-order valence-corrected chi connectivity index (χ0v) is 12.4. The predicted molar refractivity (Wildman–Crippen MR) is 85.0 cm³/mol. The maximum Gasteiger partial charge on any atom is 0.336 e. The molecule has 0 saturated carbocycles. The van der Waals surface area contributed by atoms with Crippen LogP contribution in [-0.2, 0) is 13.5 Å². The van der Waals surface area contributed by atoms with Gasteiger partial charge in [0.25, 0.3) is 0 Å². The van der Waals surface area contributed by atoms with Gasteiger partial charge < -0.3 is 0 Å². The van der Waals surface area contributed by atoms with Crippen LogP contribution in [0.25, 0.3) is 11.2 Å². The molecule has 2 aromatic heterocycles. The molecule has 0 bridgehead atoms. The summed E-state index contributed by atoms with van der Waals surface area (Å²) in [5.41, 5.74) is 1.96. The maximum atomic E-state index is 12.4. The second kappa shape index (κ2) is 5.97. The lowest BCUT2D eigenvalue weighted by molar-refractivity contribution is 0.0900. The molecule has 0 aliphatic heterocycles. The summed E-state index contributed by atoms with van der Waals surface area (Å²) in [5.74, 6) is -0.203. The quantitative estimate of drug-likeness (QED) is 0.742. The van der Waals surface area contributed by atoms with Gasteiger partial charge in [-0.2, -0.15) is 0 Å². The molecule has 0 atom stereocenters. The number of pyridine rings is 1. The minimum Gasteiger partial charge on any atom is -0.293 e. The largest absolute Gasteiger partial charge is 0.336 e. The van der Waals surface area contributed by atoms with Gasteiger partial charge in [0.15, 0.2) is 5.65 Å². The summed E-state index contributed by atoms with van der Waals surface area (Å²) < 4.78 is 2.64. The van der Waals surface area contributed by atoms with E-state index in [1.54, 1.807) is 25.4 Å². The minimum atomic E-state index is -0.335. The van der Waals surface area contributed by atoms with Crippen molar-refractivity contribution in [2.45, 2.75) is 19.3 Å². The highest BCUT2D eigenvalue weighted by Crippen LogP contribution is 2.11. The van der Waals surface area contributed by atoms with E-state index in [-0.39, 0.29) is 11.6 Å². The van der Waals surface area contributed by atoms with Crippen molar-refractivity contribution >= 4 is 17.1 Å². The number of rotatable bonds is 4. The molecule has 0 saturated heterocycles. The first-order valence-corrected chi connectivity index (χ1v) is 7.28. The van der Waals surface area contributed by atoms with Gasteiger partial charge >= 0.3 is 5.69 Å². The third kappa shape index (κ3) is 2.57. The third-order valence-corrected chi connectivity index (χ3v) is 3.77. The Morgan fingerprint density at radius 1 is 1.14 bits per heavy atom. The van der Waals surface area contributed by atoms with E-state index in [9.17, 15) is 9.59 Å². The highest BCUT2D eigenvalue weighted by Gasteiger charge is 2.16. The van der Waals surface area contributed by atoms with E-state index in [1.165, 1.54) is 14.7 Å². The van der Waals surface area contributed by atoms with Crippen molar-refractivity contribution < 1.29 is 4.79 Å². The fraction of sp³-hybridized carbons (Fsp3) is 0.235. The molecular formula is C17H17N3O2. The van der Waals surface area contributed by atoms with Gasteiger partial charge in [-0.15, -0.1) is 0 Å². The molecule has 0 fully saturated rings. The molecule has 0 aliphatic rings. The van der Waals surface area contributed by atoms with E-state index < -0.39 is 0 Å². The molecule has 0 unspecified atom stereocenters. The molecule has 0 aliphatic carbocycles. The number of imidazole rings is 1. The Balaban J connectivity index is 1.78. The van der Waals surface area contributed by atoms with Crippen LogP contribution in [0.4, 0.5) is 0 Å². The molecule has 5 nitrogen and oxygen atoms in total. The first-order valence-electron chi connectivity index (χ1n) is 7.28. The first-order chi connectivity index (χ1) is 10.7. The average molecular weight is 295 g/mol. The van der Waals surface area contributed by atoms with Gasteiger partial charge in [-0.3, -0.25) is 9.36 Å². The van der Waals surface area contributed by atoms with Gasteiger partial charge in [0.05, 0.1) is 5.52 Å². The van der Waals surface area contributed by atoms with Crippen LogP contribution >= 0.6 is 0 Å². The maximum absolute atomic E-state index is 12.4. The highest BCUT2D eigenvalue weighted by molar-refractivity contribution is 5.88. The van der Waals surface area contributed by atoms with Crippen LogP contribution in [0, 0.1) is 0 Å². The van der Waals surface area contributed by atoms with Gasteiger partial charge in [0.2, 0.25) is 5.91 Å². The van der Waals surface area contributed by atoms with E-state index in [0.29, 0.717) is 24.0 Å². The zero-order valence-electron chi connectivity index (χ0n) is 12.4. The topological polar surface area (TPSA) is 56.9 Å². The van der Waals surface area contributed by atoms with Crippen molar-refractivity contribution in [2.24, 2.45) is 7.05 Å². The second-order valence-corrected chi connectivity index (χ2v) is 5.26. The molecule has 112 valence electrons. The van der Waals surface area contributed by atoms with Gasteiger partial charge in [0.1, 0.15) is 0 Å². The normalized spacial score (nSPS) is 11.0. The number of aromatic nitrogens is 3. The Labute approximate surface area is 127 Å². The summed E-state index contributed by atoms with van der Waals surface area (Å²) in [6, 6.07) is 13.6. The number of hydrogen-bond acceptors (Lipinski definition) is 3. The minimum absolute atomic E-state index is 0.203. The molecule has 1 aromatic carbocycles. The Morgan fingerprint density at radius 2 is 1.91 bits per heavy atom. The molecule has 3 rings (SSSR count). The van der Waals surface area contributed by atoms with Gasteiger partial charge in [-0.25, -0.2) is 14.3 Å². The Bertz CT molecular complexity index is 862. The lowest BCUT2D eigenvalue weighted by Gasteiger charge is -2.02. The molecule has 5 heteroatoms. The van der Waals surface area contributed by atoms with E-state index in [4.69, 9.17) is 0 Å². The van der Waals surface area contributed by atoms with Crippen LogP contribution in [0.5, 0.6) is 0 Å². The molecule has 22 heavy (non-hydrogen) atoms. The second-order valence-electron chi connectivity index (χ2n) is 5.26. The smallest absolute Gasteiger partial charge is 0.293 e. The van der Waals surface area contributed by atoms with Crippen molar-refractivity contribution in [3.05, 3.63) is 64.7 Å². The predicted octanol–water partition coefficient (Wildman–Crippen LogP) is 2.40. The summed E-state index contributed by atoms with van der Waals surface area (Å²) in [6.07, 6.45) is 3.44. The van der Waals surface area contributed by atoms with Crippen molar-refractivity contribution in [1.29, 1.82) is 0 Å². The molecule has 0 amide bonds. The number of fused-ring (bicyclic) bond motifs is 1. The van der Waals surface area contributed by atoms with Gasteiger partial charge in [-0.05, 0) is 30.5 Å². The fourth-order valence-corrected chi connectivity index (χ4v) is 2.59. The Kier molecular flexibility index (Phi) is 3.87. The molecule has 3 aromatic rings. The summed E-state index contributed by atoms with van der Waals surface area (Å²) in [6.45, 7) is 0. The van der Waals surface area contributed by atoms with E-state index in [1.807, 2.05) is 30.3 Å². The third-order valence-electron chi connectivity index (χ3n) is 3.77. The molecule has 0 N–H and O–H groups in total. The average Bonchev–Trinajstić information content (AvgIpc) is 2.80. The molecule has 2 heterocycles. The van der Waals surface area contributed by atoms with Crippen LogP contribution in [0.15, 0.2) is 53.5 Å². The number of carbonyl (C=O) groups excluding carboxylic acids is 1. The van der Waals surface area contributed by atoms with E-state index >= 15 is 0 Å². The van der Waals surface area contributed by atoms with Crippen LogP contribution in [0.1, 0.15) is 23.2 Å². The highest BCUT2D eigenvalue weighted by atomic mass is 16.2. The van der Waals surface area contributed by atoms with Crippen molar-refractivity contribution in [2.75, 3.05) is 0 Å². The lowest BCUT2D eigenvalue weighted by Crippen LogP contribution is -2.27. The summed E-state index contributed by atoms with van der Waals surface area (Å²) in [7, 11) is 1.65. The lowest BCUT2D eigenvalue weighted by atomic mass is 10.1. The number of aryl methyl sites for hydroxylation is 2. The SMILES string of the molecule is Cn1c(=O)n(C(=O)CCCc2ccccc2)c2ncccc21. The number of benzene rings is 1. The van der Waals surface area contributed by atoms with E-state index in [2.05, 4.69) is 4.98 Å². The van der Waals surface area contributed by atoms with Crippen molar-refractivity contribution in [1.82, 2.24) is 14.1 Å². The summed E-state index contributed by atoms with van der Waals surface area (Å²) in [4.78, 5) is 28.8. The molecule has 0 spiro atoms. The number of nitrogens with zero attached hydrogens (tertiary/aromatic N) is 3. The van der Waals surface area contributed by atoms with Crippen molar-refractivity contribution in [3.8, 4) is 0 Å². The van der Waals surface area contributed by atoms with Gasteiger partial charge in [-0.1, -0.05) is 30.3 Å². The van der Waals surface area contributed by atoms with Gasteiger partial charge in [0, 0.05) is 19.7 Å². The number of carbonyl (C=O) groups is 1. The standard InChI is InChI=1S/C17H17N3O2/c1-19-14-10-6-12-18-16(14)20(17(19)22)15(21)11-5-9-13-7-3-2-4-8-13/h2-4,6-8,10,12H,5,9,11H2,1H3. The zero-order chi connectivity index (χ0) is 15.5. The Morgan fingerprint density at radius 3 is 2.68 bits per heavy atom. The van der Waals surface area contributed by atoms with Crippen LogP contribution in [-0.4, -0.2) is 20.0 Å². The summed E-state index contributed by atoms with van der Waals surface area (Å²) in [5, 5.41) is 0. The van der Waals surface area contributed by atoms with Crippen LogP contribution in [0.3, 0.4) is 0 Å². The van der Waals surface area contributed by atoms with Crippen molar-refractivity contribution in [3.63, 3.8) is 0 Å². The summed E-state index contributed by atoms with van der Waals surface area (Å²) >= 11 is 0. The van der Waals surface area contributed by atoms with E-state index in [0.717, 1.165) is 6.42 Å². The van der Waals surface area contributed by atoms with Crippen LogP contribution < -0.4 is 5.69 Å². The fourth-order valence-electron chi connectivity index (χ4n) is 2.59. The Hall–Kier alpha value is -2.69. The van der Waals surface area contributed by atoms with Crippen LogP contribution in [0.2, 0.25) is 0 Å². The monoisotopic (exact) mass is 295 g/mol. The molecule has 0 radical (unpaired) electrons. The number of hydrogen-bond donors (Lipinski definition) is 0. The molecular weight excluding hydrogens is 278 g/mol. The first kappa shape index (κ1) is 14.3.